The number of carbonyl (C=O) groups excluding carboxylic acids is 7. The average molecular weight is 793 g/mol. The lowest BCUT2D eigenvalue weighted by Gasteiger charge is -2.44. The van der Waals surface area contributed by atoms with E-state index in [9.17, 15) is 33.6 Å². The van der Waals surface area contributed by atoms with Gasteiger partial charge in [-0.3, -0.25) is 19.2 Å². The molecule has 0 aromatic heterocycles. The van der Waals surface area contributed by atoms with Crippen LogP contribution in [-0.2, 0) is 66.5 Å². The zero-order valence-electron chi connectivity index (χ0n) is 31.2. The van der Waals surface area contributed by atoms with Gasteiger partial charge in [0.15, 0.2) is 30.7 Å². The monoisotopic (exact) mass is 792 g/mol. The number of rotatable bonds is 14. The molecular weight excluding hydrogens is 752 g/mol. The highest BCUT2D eigenvalue weighted by Crippen LogP contribution is 2.36. The number of benzene rings is 3. The first-order valence-electron chi connectivity index (χ1n) is 17.7. The molecule has 0 spiro atoms. The van der Waals surface area contributed by atoms with Gasteiger partial charge in [-0.05, 0) is 36.4 Å². The van der Waals surface area contributed by atoms with Crippen molar-refractivity contribution in [2.45, 2.75) is 83.0 Å². The molecule has 2 aliphatic heterocycles. The Morgan fingerprint density at radius 3 is 1.28 bits per heavy atom. The molecule has 17 heteroatoms. The molecule has 2 aliphatic rings. The Hall–Kier alpha value is -6.17. The minimum Gasteiger partial charge on any atom is -0.463 e. The van der Waals surface area contributed by atoms with Gasteiger partial charge >= 0.3 is 41.8 Å². The van der Waals surface area contributed by atoms with Gasteiger partial charge in [-0.15, -0.1) is 0 Å². The normalized spacial score (nSPS) is 25.2. The highest BCUT2D eigenvalue weighted by atomic mass is 16.8. The zero-order chi connectivity index (χ0) is 41.1. The summed E-state index contributed by atoms with van der Waals surface area (Å²) in [6.07, 6.45) is -14.5. The molecule has 2 saturated heterocycles. The third-order valence-corrected chi connectivity index (χ3v) is 8.38. The Bertz CT molecular complexity index is 1890. The van der Waals surface area contributed by atoms with Crippen LogP contribution in [0.15, 0.2) is 91.0 Å². The largest absolute Gasteiger partial charge is 0.463 e. The third kappa shape index (κ3) is 11.4. The van der Waals surface area contributed by atoms with E-state index in [2.05, 4.69) is 0 Å². The minimum atomic E-state index is -1.78. The molecule has 0 saturated carbocycles. The van der Waals surface area contributed by atoms with Crippen molar-refractivity contribution in [1.82, 2.24) is 0 Å². The maximum absolute atomic E-state index is 13.7. The molecule has 57 heavy (non-hydrogen) atoms. The molecule has 0 N–H and O–H groups in total. The Morgan fingerprint density at radius 1 is 0.421 bits per heavy atom. The standard InChI is InChI=1S/C40H40O17/c1-22(41)48-20-29-31(50-23(2)42)33(35(51-24(3)43)39(53-29)52-25(4)44)57-40-34(56-38(47)28-18-12-7-13-19-28)32(55-37(46)27-16-10-6-11-17-27)30(54-40)21-49-36(45)26-14-8-5-9-15-26/h5-19,29-35,39-40H,20-21H2,1-4H3/t29-,30+,31+,32+,33+,34-,35-,39?,40+/m1/s1. The molecule has 9 atom stereocenters. The summed E-state index contributed by atoms with van der Waals surface area (Å²) in [4.78, 5) is 89.4. The van der Waals surface area contributed by atoms with E-state index in [1.165, 1.54) is 36.4 Å². The fraction of sp³-hybridized carbons (Fsp3) is 0.375. The lowest BCUT2D eigenvalue weighted by Crippen LogP contribution is -2.64. The van der Waals surface area contributed by atoms with E-state index in [0.717, 1.165) is 27.7 Å². The van der Waals surface area contributed by atoms with Crippen LogP contribution < -0.4 is 0 Å². The van der Waals surface area contributed by atoms with E-state index in [1.54, 1.807) is 54.6 Å². The van der Waals surface area contributed by atoms with Crippen molar-refractivity contribution in [3.63, 3.8) is 0 Å². The summed E-state index contributed by atoms with van der Waals surface area (Å²) in [7, 11) is 0. The number of hydrogen-bond donors (Lipinski definition) is 0. The minimum absolute atomic E-state index is 0.0846. The second kappa shape index (κ2) is 19.6. The first kappa shape index (κ1) is 42.0. The van der Waals surface area contributed by atoms with Crippen molar-refractivity contribution in [3.05, 3.63) is 108 Å². The van der Waals surface area contributed by atoms with E-state index in [0.29, 0.717) is 0 Å². The predicted octanol–water partition coefficient (Wildman–Crippen LogP) is 3.12. The smallest absolute Gasteiger partial charge is 0.338 e. The molecule has 1 unspecified atom stereocenters. The first-order chi connectivity index (χ1) is 27.3. The lowest BCUT2D eigenvalue weighted by molar-refractivity contribution is -0.326. The van der Waals surface area contributed by atoms with Crippen LogP contribution in [0.3, 0.4) is 0 Å². The SMILES string of the molecule is CC(=O)OC[C@H]1OC(OC(C)=O)[C@H](OC(C)=O)[C@@H](O[C@@H]2O[C@@H](COC(=O)c3ccccc3)[C@H](OC(=O)c3ccccc3)[C@H]2OC(=O)c2ccccc2)[C@H]1OC(C)=O. The van der Waals surface area contributed by atoms with Crippen LogP contribution in [0.5, 0.6) is 0 Å². The van der Waals surface area contributed by atoms with Crippen molar-refractivity contribution < 1.29 is 80.9 Å². The summed E-state index contributed by atoms with van der Waals surface area (Å²) in [5.41, 5.74) is 0.391. The molecule has 0 aliphatic carbocycles. The maximum Gasteiger partial charge on any atom is 0.338 e. The summed E-state index contributed by atoms with van der Waals surface area (Å²) >= 11 is 0. The van der Waals surface area contributed by atoms with Gasteiger partial charge in [0.05, 0.1) is 16.7 Å². The van der Waals surface area contributed by atoms with Gasteiger partial charge < -0.3 is 47.4 Å². The van der Waals surface area contributed by atoms with E-state index in [4.69, 9.17) is 47.4 Å². The Morgan fingerprint density at radius 2 is 0.807 bits per heavy atom. The fourth-order valence-corrected chi connectivity index (χ4v) is 5.98. The fourth-order valence-electron chi connectivity index (χ4n) is 5.98. The summed E-state index contributed by atoms with van der Waals surface area (Å²) in [5.74, 6) is -5.96. The molecule has 302 valence electrons. The van der Waals surface area contributed by atoms with Crippen LogP contribution in [0.4, 0.5) is 0 Å². The second-order valence-electron chi connectivity index (χ2n) is 12.7. The summed E-state index contributed by atoms with van der Waals surface area (Å²) in [6, 6.07) is 23.6. The number of ether oxygens (including phenoxy) is 10. The van der Waals surface area contributed by atoms with Gasteiger partial charge in [0.1, 0.15) is 31.5 Å². The van der Waals surface area contributed by atoms with Gasteiger partial charge in [-0.2, -0.15) is 0 Å². The maximum atomic E-state index is 13.7. The van der Waals surface area contributed by atoms with Crippen LogP contribution >= 0.6 is 0 Å². The van der Waals surface area contributed by atoms with Crippen molar-refractivity contribution in [2.75, 3.05) is 13.2 Å². The van der Waals surface area contributed by atoms with Crippen LogP contribution in [0.2, 0.25) is 0 Å². The van der Waals surface area contributed by atoms with Crippen molar-refractivity contribution >= 4 is 41.8 Å². The van der Waals surface area contributed by atoms with E-state index >= 15 is 0 Å². The van der Waals surface area contributed by atoms with Crippen LogP contribution in [0, 0.1) is 0 Å². The Labute approximate surface area is 326 Å². The molecule has 3 aromatic carbocycles. The van der Waals surface area contributed by atoms with E-state index < -0.39 is 110 Å². The molecule has 0 amide bonds. The summed E-state index contributed by atoms with van der Waals surface area (Å²) in [5, 5.41) is 0. The number of hydrogen-bond acceptors (Lipinski definition) is 17. The van der Waals surface area contributed by atoms with Gasteiger partial charge in [0, 0.05) is 27.7 Å². The molecule has 5 rings (SSSR count). The third-order valence-electron chi connectivity index (χ3n) is 8.38. The van der Waals surface area contributed by atoms with Gasteiger partial charge in [-0.1, -0.05) is 54.6 Å². The highest BCUT2D eigenvalue weighted by molar-refractivity contribution is 5.91. The average Bonchev–Trinajstić information content (AvgIpc) is 3.49. The van der Waals surface area contributed by atoms with Crippen molar-refractivity contribution in [1.29, 1.82) is 0 Å². The number of carbonyl (C=O) groups is 7. The summed E-state index contributed by atoms with van der Waals surface area (Å²) in [6.45, 7) is 3.13. The second-order valence-corrected chi connectivity index (χ2v) is 12.7. The molecular formula is C40H40O17. The van der Waals surface area contributed by atoms with Gasteiger partial charge in [-0.25, -0.2) is 14.4 Å². The zero-order valence-corrected chi connectivity index (χ0v) is 31.2. The predicted molar refractivity (Wildman–Crippen MR) is 190 cm³/mol. The first-order valence-corrected chi connectivity index (χ1v) is 17.7. The van der Waals surface area contributed by atoms with Gasteiger partial charge in [0.2, 0.25) is 6.29 Å². The molecule has 3 aromatic rings. The van der Waals surface area contributed by atoms with Gasteiger partial charge in [0.25, 0.3) is 0 Å². The quantitative estimate of drug-likeness (QED) is 0.169. The molecule has 2 fully saturated rings. The summed E-state index contributed by atoms with van der Waals surface area (Å²) < 4.78 is 57.5. The lowest BCUT2D eigenvalue weighted by atomic mass is 9.98. The van der Waals surface area contributed by atoms with E-state index in [1.807, 2.05) is 0 Å². The molecule has 17 nitrogen and oxygen atoms in total. The Kier molecular flexibility index (Phi) is 14.4. The highest BCUT2D eigenvalue weighted by Gasteiger charge is 2.58. The van der Waals surface area contributed by atoms with Crippen molar-refractivity contribution in [2.24, 2.45) is 0 Å². The topological polar surface area (TPSA) is 212 Å². The van der Waals surface area contributed by atoms with Crippen molar-refractivity contribution in [3.8, 4) is 0 Å². The van der Waals surface area contributed by atoms with Crippen LogP contribution in [-0.4, -0.2) is 110 Å². The Balaban J connectivity index is 1.58. The van der Waals surface area contributed by atoms with Crippen LogP contribution in [0.1, 0.15) is 58.8 Å². The van der Waals surface area contributed by atoms with Crippen LogP contribution in [0.25, 0.3) is 0 Å². The molecule has 0 radical (unpaired) electrons. The number of esters is 7. The molecule has 0 bridgehead atoms. The van der Waals surface area contributed by atoms with E-state index in [-0.39, 0.29) is 16.7 Å². The molecule has 2 heterocycles.